The van der Waals surface area contributed by atoms with Crippen LogP contribution in [0.2, 0.25) is 0 Å². The van der Waals surface area contributed by atoms with E-state index < -0.39 is 0 Å². The van der Waals surface area contributed by atoms with Gasteiger partial charge in [0.1, 0.15) is 5.71 Å². The van der Waals surface area contributed by atoms with Gasteiger partial charge < -0.3 is 20.3 Å². The molecule has 0 aromatic heterocycles. The average molecular weight is 349 g/mol. The van der Waals surface area contributed by atoms with Crippen molar-refractivity contribution < 1.29 is 4.74 Å². The molecule has 26 heavy (non-hydrogen) atoms. The second-order valence-electron chi connectivity index (χ2n) is 7.05. The molecule has 0 amide bonds. The average Bonchev–Trinajstić information content (AvgIpc) is 3.53. The van der Waals surface area contributed by atoms with Gasteiger partial charge in [-0.2, -0.15) is 0 Å². The Kier molecular flexibility index (Phi) is 3.97. The predicted octanol–water partition coefficient (Wildman–Crippen LogP) is 1.91. The highest BCUT2D eigenvalue weighted by molar-refractivity contribution is 6.45. The van der Waals surface area contributed by atoms with Gasteiger partial charge in [0.15, 0.2) is 5.84 Å². The fraction of sp³-hybridized carbons (Fsp3) is 0.400. The molecule has 4 aliphatic rings. The number of amidine groups is 1. The Balaban J connectivity index is 1.41. The molecule has 0 spiro atoms. The minimum absolute atomic E-state index is 0.0765. The van der Waals surface area contributed by atoms with Gasteiger partial charge in [-0.3, -0.25) is 4.99 Å². The van der Waals surface area contributed by atoms with Crippen LogP contribution in [0.3, 0.4) is 0 Å². The maximum absolute atomic E-state index is 5.44. The number of aliphatic imine (C=N–C) groups is 2. The normalized spacial score (nSPS) is 24.8. The zero-order valence-corrected chi connectivity index (χ0v) is 14.7. The number of ether oxygens (including phenoxy) is 1. The van der Waals surface area contributed by atoms with Crippen LogP contribution in [0.5, 0.6) is 0 Å². The lowest BCUT2D eigenvalue weighted by Gasteiger charge is -2.29. The second kappa shape index (κ2) is 6.61. The Morgan fingerprint density at radius 1 is 1.12 bits per heavy atom. The van der Waals surface area contributed by atoms with Crippen LogP contribution in [-0.4, -0.2) is 49.9 Å². The lowest BCUT2D eigenvalue weighted by molar-refractivity contribution is 0.122. The zero-order valence-electron chi connectivity index (χ0n) is 14.7. The summed E-state index contributed by atoms with van der Waals surface area (Å²) >= 11 is 0. The number of rotatable bonds is 3. The molecule has 1 aromatic carbocycles. The largest absolute Gasteiger partial charge is 0.378 e. The lowest BCUT2D eigenvalue weighted by atomic mass is 10.0. The Hall–Kier alpha value is -2.60. The van der Waals surface area contributed by atoms with Gasteiger partial charge in [-0.25, -0.2) is 4.99 Å². The summed E-state index contributed by atoms with van der Waals surface area (Å²) in [5.74, 6) is 0.907. The van der Waals surface area contributed by atoms with Crippen LogP contribution in [0, 0.1) is 0 Å². The van der Waals surface area contributed by atoms with Crippen molar-refractivity contribution in [3.8, 4) is 0 Å². The Morgan fingerprint density at radius 2 is 1.92 bits per heavy atom. The summed E-state index contributed by atoms with van der Waals surface area (Å²) in [6, 6.07) is 9.32. The van der Waals surface area contributed by atoms with E-state index >= 15 is 0 Å². The van der Waals surface area contributed by atoms with Crippen LogP contribution < -0.4 is 15.5 Å². The van der Waals surface area contributed by atoms with Crippen LogP contribution in [0.25, 0.3) is 5.70 Å². The molecule has 134 valence electrons. The van der Waals surface area contributed by atoms with Gasteiger partial charge in [-0.1, -0.05) is 12.1 Å². The first-order valence-corrected chi connectivity index (χ1v) is 9.36. The van der Waals surface area contributed by atoms with Gasteiger partial charge in [0.05, 0.1) is 25.0 Å². The third-order valence-corrected chi connectivity index (χ3v) is 5.12. The van der Waals surface area contributed by atoms with Crippen molar-refractivity contribution in [1.82, 2.24) is 10.6 Å². The molecule has 1 atom stereocenters. The number of nitrogens with one attached hydrogen (secondary N) is 2. The molecule has 1 unspecified atom stereocenters. The molecule has 1 saturated heterocycles. The molecule has 6 heteroatoms. The van der Waals surface area contributed by atoms with Crippen molar-refractivity contribution in [1.29, 1.82) is 0 Å². The van der Waals surface area contributed by atoms with Crippen molar-refractivity contribution in [3.05, 3.63) is 48.3 Å². The Bertz CT molecular complexity index is 798. The Labute approximate surface area is 153 Å². The van der Waals surface area contributed by atoms with Crippen LogP contribution in [0.1, 0.15) is 18.4 Å². The van der Waals surface area contributed by atoms with Gasteiger partial charge >= 0.3 is 0 Å². The summed E-state index contributed by atoms with van der Waals surface area (Å²) < 4.78 is 5.44. The number of hydrogen-bond donors (Lipinski definition) is 2. The molecular weight excluding hydrogens is 326 g/mol. The fourth-order valence-electron chi connectivity index (χ4n) is 3.48. The number of anilines is 1. The van der Waals surface area contributed by atoms with E-state index in [4.69, 9.17) is 9.73 Å². The first-order valence-electron chi connectivity index (χ1n) is 9.36. The maximum Gasteiger partial charge on any atom is 0.151 e. The van der Waals surface area contributed by atoms with Crippen molar-refractivity contribution in [3.63, 3.8) is 0 Å². The number of morpholine rings is 1. The van der Waals surface area contributed by atoms with E-state index in [0.29, 0.717) is 6.04 Å². The van der Waals surface area contributed by atoms with Gasteiger partial charge in [-0.05, 0) is 31.1 Å². The molecule has 1 aromatic rings. The molecule has 0 bridgehead atoms. The minimum atomic E-state index is 0.0765. The highest BCUT2D eigenvalue weighted by Gasteiger charge is 2.30. The summed E-state index contributed by atoms with van der Waals surface area (Å²) in [7, 11) is 0. The van der Waals surface area contributed by atoms with Crippen molar-refractivity contribution in [2.24, 2.45) is 9.98 Å². The molecule has 2 N–H and O–H groups in total. The van der Waals surface area contributed by atoms with Crippen molar-refractivity contribution >= 4 is 22.9 Å². The third-order valence-electron chi connectivity index (χ3n) is 5.12. The molecule has 1 aliphatic carbocycles. The number of benzene rings is 1. The van der Waals surface area contributed by atoms with Crippen LogP contribution >= 0.6 is 0 Å². The zero-order chi connectivity index (χ0) is 17.3. The van der Waals surface area contributed by atoms with E-state index in [9.17, 15) is 0 Å². The van der Waals surface area contributed by atoms with E-state index in [1.54, 1.807) is 6.20 Å². The first kappa shape index (κ1) is 15.6. The molecule has 5 rings (SSSR count). The maximum atomic E-state index is 5.44. The minimum Gasteiger partial charge on any atom is -0.378 e. The van der Waals surface area contributed by atoms with Crippen LogP contribution in [-0.2, 0) is 4.74 Å². The molecule has 0 radical (unpaired) electrons. The monoisotopic (exact) mass is 349 g/mol. The first-order chi connectivity index (χ1) is 12.9. The quantitative estimate of drug-likeness (QED) is 0.875. The molecule has 2 fully saturated rings. The highest BCUT2D eigenvalue weighted by Crippen LogP contribution is 2.26. The SMILES string of the molecule is C1=CNC2C=C(c3ccc(N4CCOCC4)cc3)N=C(NC3CC3)C2=N1. The van der Waals surface area contributed by atoms with Crippen LogP contribution in [0.4, 0.5) is 5.69 Å². The molecule has 6 nitrogen and oxygen atoms in total. The lowest BCUT2D eigenvalue weighted by Crippen LogP contribution is -2.46. The molecule has 1 saturated carbocycles. The van der Waals surface area contributed by atoms with E-state index in [1.807, 2.05) is 6.20 Å². The highest BCUT2D eigenvalue weighted by atomic mass is 16.5. The Morgan fingerprint density at radius 3 is 2.69 bits per heavy atom. The summed E-state index contributed by atoms with van der Waals surface area (Å²) in [4.78, 5) is 11.8. The van der Waals surface area contributed by atoms with Crippen LogP contribution in [0.15, 0.2) is 52.7 Å². The van der Waals surface area contributed by atoms with E-state index in [1.165, 1.54) is 18.5 Å². The molecule has 3 aliphatic heterocycles. The van der Waals surface area contributed by atoms with Gasteiger partial charge in [0, 0.05) is 42.8 Å². The van der Waals surface area contributed by atoms with E-state index in [-0.39, 0.29) is 6.04 Å². The van der Waals surface area contributed by atoms with Crippen molar-refractivity contribution in [2.75, 3.05) is 31.2 Å². The standard InChI is InChI=1S/C20H23N5O/c1-5-16(25-9-11-26-12-10-25)6-2-14(1)17-13-18-19(22-8-7-21-18)20(24-17)23-15-3-4-15/h1-2,5-8,13,15,18,21H,3-4,9-12H2,(H,23,24). The molecular formula is C20H23N5O. The van der Waals surface area contributed by atoms with Crippen molar-refractivity contribution in [2.45, 2.75) is 24.9 Å². The number of hydrogen-bond acceptors (Lipinski definition) is 6. The summed E-state index contributed by atoms with van der Waals surface area (Å²) in [5, 5.41) is 6.91. The van der Waals surface area contributed by atoms with Gasteiger partial charge in [0.25, 0.3) is 0 Å². The topological polar surface area (TPSA) is 61.2 Å². The molecule has 3 heterocycles. The number of nitrogens with zero attached hydrogens (tertiary/aromatic N) is 3. The van der Waals surface area contributed by atoms with Gasteiger partial charge in [0.2, 0.25) is 0 Å². The number of fused-ring (bicyclic) bond motifs is 1. The predicted molar refractivity (Wildman–Crippen MR) is 105 cm³/mol. The summed E-state index contributed by atoms with van der Waals surface area (Å²) in [5.41, 5.74) is 4.35. The summed E-state index contributed by atoms with van der Waals surface area (Å²) in [6.45, 7) is 3.51. The van der Waals surface area contributed by atoms with E-state index in [0.717, 1.165) is 49.1 Å². The van der Waals surface area contributed by atoms with E-state index in [2.05, 4.69) is 50.9 Å². The third kappa shape index (κ3) is 3.12. The van der Waals surface area contributed by atoms with Gasteiger partial charge in [-0.15, -0.1) is 0 Å². The summed E-state index contributed by atoms with van der Waals surface area (Å²) in [6.07, 6.45) is 8.28. The smallest absolute Gasteiger partial charge is 0.151 e. The second-order valence-corrected chi connectivity index (χ2v) is 7.05. The fourth-order valence-corrected chi connectivity index (χ4v) is 3.48.